The van der Waals surface area contributed by atoms with Crippen LogP contribution in [0.5, 0.6) is 0 Å². The monoisotopic (exact) mass is 277 g/mol. The Bertz CT molecular complexity index is 697. The smallest absolute Gasteiger partial charge is 0.212 e. The van der Waals surface area contributed by atoms with Gasteiger partial charge in [0, 0.05) is 10.6 Å². The van der Waals surface area contributed by atoms with Crippen LogP contribution in [0.15, 0.2) is 24.3 Å². The largest absolute Gasteiger partial charge is 0.222 e. The fraction of sp³-hybridized carbons (Fsp3) is 0.231. The molecule has 3 aromatic rings. The maximum atomic E-state index is 5.92. The number of nitrogens with zero attached hydrogens (tertiary/aromatic N) is 3. The van der Waals surface area contributed by atoms with E-state index in [0.717, 1.165) is 38.4 Å². The second-order valence-electron chi connectivity index (χ2n) is 4.10. The topological polar surface area (TPSA) is 30.2 Å². The normalized spacial score (nSPS) is 11.3. The third-order valence-corrected chi connectivity index (χ3v) is 4.14. The van der Waals surface area contributed by atoms with E-state index >= 15 is 0 Å². The van der Waals surface area contributed by atoms with E-state index < -0.39 is 0 Å². The van der Waals surface area contributed by atoms with E-state index in [1.54, 1.807) is 11.3 Å². The first-order chi connectivity index (χ1) is 8.69. The second kappa shape index (κ2) is 4.37. The average Bonchev–Trinajstić information content (AvgIpc) is 2.87. The molecule has 18 heavy (non-hydrogen) atoms. The maximum absolute atomic E-state index is 5.92. The quantitative estimate of drug-likeness (QED) is 0.709. The molecule has 0 aliphatic carbocycles. The highest BCUT2D eigenvalue weighted by Crippen LogP contribution is 2.28. The van der Waals surface area contributed by atoms with Crippen LogP contribution in [-0.4, -0.2) is 14.6 Å². The molecule has 0 aliphatic rings. The molecule has 0 amide bonds. The number of fused-ring (bicyclic) bond motifs is 1. The Morgan fingerprint density at radius 3 is 2.67 bits per heavy atom. The summed E-state index contributed by atoms with van der Waals surface area (Å²) in [5.41, 5.74) is 3.15. The number of hydrogen-bond acceptors (Lipinski definition) is 3. The van der Waals surface area contributed by atoms with Gasteiger partial charge in [0.2, 0.25) is 4.96 Å². The van der Waals surface area contributed by atoms with Crippen molar-refractivity contribution in [2.75, 3.05) is 0 Å². The fourth-order valence-electron chi connectivity index (χ4n) is 1.97. The summed E-state index contributed by atoms with van der Waals surface area (Å²) in [6.07, 6.45) is 0.938. The van der Waals surface area contributed by atoms with Gasteiger partial charge >= 0.3 is 0 Å². The zero-order valence-corrected chi connectivity index (χ0v) is 11.7. The zero-order chi connectivity index (χ0) is 12.7. The summed E-state index contributed by atoms with van der Waals surface area (Å²) in [5.74, 6) is 0. The number of halogens is 1. The number of imidazole rings is 1. The average molecular weight is 278 g/mol. The van der Waals surface area contributed by atoms with Crippen LogP contribution in [-0.2, 0) is 6.42 Å². The standard InChI is InChI=1S/C13H12ClN3S/c1-3-11-16-17-12(8(2)15-13(17)18-11)9-4-6-10(14)7-5-9/h4-7H,3H2,1-2H3. The molecule has 0 atom stereocenters. The van der Waals surface area contributed by atoms with Gasteiger partial charge in [-0.2, -0.15) is 5.10 Å². The lowest BCUT2D eigenvalue weighted by atomic mass is 10.1. The molecule has 0 radical (unpaired) electrons. The van der Waals surface area contributed by atoms with Gasteiger partial charge in [-0.15, -0.1) is 0 Å². The summed E-state index contributed by atoms with van der Waals surface area (Å²) >= 11 is 7.57. The Morgan fingerprint density at radius 1 is 1.28 bits per heavy atom. The van der Waals surface area contributed by atoms with Gasteiger partial charge in [-0.1, -0.05) is 42.0 Å². The molecule has 0 fully saturated rings. The minimum absolute atomic E-state index is 0.740. The molecule has 0 bridgehead atoms. The molecule has 2 heterocycles. The summed E-state index contributed by atoms with van der Waals surface area (Å²) in [6, 6.07) is 7.79. The van der Waals surface area contributed by atoms with E-state index in [0.29, 0.717) is 0 Å². The van der Waals surface area contributed by atoms with E-state index in [-0.39, 0.29) is 0 Å². The molecule has 3 nitrogen and oxygen atoms in total. The van der Waals surface area contributed by atoms with Crippen LogP contribution in [0.2, 0.25) is 5.02 Å². The van der Waals surface area contributed by atoms with Gasteiger partial charge < -0.3 is 0 Å². The number of benzene rings is 1. The van der Waals surface area contributed by atoms with Crippen LogP contribution in [0, 0.1) is 6.92 Å². The molecule has 1 aromatic carbocycles. The van der Waals surface area contributed by atoms with E-state index in [4.69, 9.17) is 11.6 Å². The SMILES string of the molecule is CCc1nn2c(-c3ccc(Cl)cc3)c(C)nc2s1. The minimum atomic E-state index is 0.740. The Balaban J connectivity index is 2.23. The first-order valence-corrected chi connectivity index (χ1v) is 6.99. The summed E-state index contributed by atoms with van der Waals surface area (Å²) < 4.78 is 1.93. The van der Waals surface area contributed by atoms with Gasteiger partial charge in [0.1, 0.15) is 5.01 Å². The third-order valence-electron chi connectivity index (χ3n) is 2.84. The zero-order valence-electron chi connectivity index (χ0n) is 10.1. The maximum Gasteiger partial charge on any atom is 0.212 e. The van der Waals surface area contributed by atoms with Crippen molar-refractivity contribution < 1.29 is 0 Å². The van der Waals surface area contributed by atoms with Crippen LogP contribution in [0.3, 0.4) is 0 Å². The van der Waals surface area contributed by atoms with Crippen molar-refractivity contribution in [2.45, 2.75) is 20.3 Å². The molecule has 92 valence electrons. The Hall–Kier alpha value is -1.39. The van der Waals surface area contributed by atoms with E-state index in [1.807, 2.05) is 35.7 Å². The number of aromatic nitrogens is 3. The van der Waals surface area contributed by atoms with Gasteiger partial charge in [0.15, 0.2) is 0 Å². The molecule has 3 rings (SSSR count). The predicted octanol–water partition coefficient (Wildman–Crippen LogP) is 3.98. The molecule has 2 aromatic heterocycles. The highest BCUT2D eigenvalue weighted by atomic mass is 35.5. The number of rotatable bonds is 2. The van der Waals surface area contributed by atoms with Crippen molar-refractivity contribution in [1.82, 2.24) is 14.6 Å². The molecule has 0 aliphatic heterocycles. The fourth-order valence-corrected chi connectivity index (χ4v) is 2.98. The van der Waals surface area contributed by atoms with E-state index in [9.17, 15) is 0 Å². The Morgan fingerprint density at radius 2 is 2.00 bits per heavy atom. The van der Waals surface area contributed by atoms with Crippen molar-refractivity contribution in [2.24, 2.45) is 0 Å². The molecule has 0 saturated carbocycles. The Labute approximate surface area is 114 Å². The lowest BCUT2D eigenvalue weighted by Gasteiger charge is -2.00. The first-order valence-electron chi connectivity index (χ1n) is 5.80. The van der Waals surface area contributed by atoms with Crippen molar-refractivity contribution >= 4 is 27.9 Å². The lowest BCUT2D eigenvalue weighted by molar-refractivity contribution is 0.914. The van der Waals surface area contributed by atoms with Gasteiger partial charge in [0.25, 0.3) is 0 Å². The van der Waals surface area contributed by atoms with Crippen LogP contribution in [0.1, 0.15) is 17.6 Å². The number of hydrogen-bond donors (Lipinski definition) is 0. The molecular formula is C13H12ClN3S. The molecule has 0 unspecified atom stereocenters. The number of aryl methyl sites for hydroxylation is 2. The van der Waals surface area contributed by atoms with Crippen LogP contribution >= 0.6 is 22.9 Å². The first kappa shape index (κ1) is 11.7. The predicted molar refractivity (Wildman–Crippen MR) is 75.4 cm³/mol. The molecule has 0 N–H and O–H groups in total. The molecule has 0 spiro atoms. The van der Waals surface area contributed by atoms with Gasteiger partial charge in [0.05, 0.1) is 11.4 Å². The van der Waals surface area contributed by atoms with Crippen molar-refractivity contribution in [1.29, 1.82) is 0 Å². The highest BCUT2D eigenvalue weighted by molar-refractivity contribution is 7.16. The summed E-state index contributed by atoms with van der Waals surface area (Å²) in [5, 5.41) is 6.44. The second-order valence-corrected chi connectivity index (χ2v) is 5.57. The summed E-state index contributed by atoms with van der Waals surface area (Å²) in [6.45, 7) is 4.12. The minimum Gasteiger partial charge on any atom is -0.222 e. The molecular weight excluding hydrogens is 266 g/mol. The molecule has 5 heteroatoms. The third kappa shape index (κ3) is 1.82. The molecule has 0 saturated heterocycles. The van der Waals surface area contributed by atoms with Gasteiger partial charge in [-0.25, -0.2) is 9.50 Å². The van der Waals surface area contributed by atoms with Crippen LogP contribution in [0.4, 0.5) is 0 Å². The van der Waals surface area contributed by atoms with Crippen molar-refractivity contribution in [3.05, 3.63) is 40.0 Å². The van der Waals surface area contributed by atoms with Gasteiger partial charge in [-0.3, -0.25) is 0 Å². The van der Waals surface area contributed by atoms with Crippen molar-refractivity contribution in [3.63, 3.8) is 0 Å². The van der Waals surface area contributed by atoms with E-state index in [2.05, 4.69) is 17.0 Å². The summed E-state index contributed by atoms with van der Waals surface area (Å²) in [7, 11) is 0. The summed E-state index contributed by atoms with van der Waals surface area (Å²) in [4.78, 5) is 5.52. The van der Waals surface area contributed by atoms with Crippen molar-refractivity contribution in [3.8, 4) is 11.3 Å². The lowest BCUT2D eigenvalue weighted by Crippen LogP contribution is -1.91. The van der Waals surface area contributed by atoms with Crippen LogP contribution in [0.25, 0.3) is 16.2 Å². The van der Waals surface area contributed by atoms with Gasteiger partial charge in [-0.05, 0) is 25.5 Å². The van der Waals surface area contributed by atoms with E-state index in [1.165, 1.54) is 0 Å². The highest BCUT2D eigenvalue weighted by Gasteiger charge is 2.14. The van der Waals surface area contributed by atoms with Crippen LogP contribution < -0.4 is 0 Å². The Kier molecular flexibility index (Phi) is 2.84.